The lowest BCUT2D eigenvalue weighted by Crippen LogP contribution is -2.41. The molecule has 20 heavy (non-hydrogen) atoms. The molecule has 1 aromatic carbocycles. The summed E-state index contributed by atoms with van der Waals surface area (Å²) in [5, 5.41) is 0. The van der Waals surface area contributed by atoms with Crippen molar-refractivity contribution in [2.24, 2.45) is 5.41 Å². The number of halogens is 2. The number of benzene rings is 1. The van der Waals surface area contributed by atoms with Crippen molar-refractivity contribution < 1.29 is 8.42 Å². The smallest absolute Gasteiger partial charge is 0.244 e. The summed E-state index contributed by atoms with van der Waals surface area (Å²) in [6, 6.07) is 3.23. The van der Waals surface area contributed by atoms with Gasteiger partial charge in [-0.05, 0) is 46.3 Å². The van der Waals surface area contributed by atoms with Crippen LogP contribution in [-0.4, -0.2) is 14.5 Å². The molecule has 0 aromatic heterocycles. The molecule has 0 amide bonds. The van der Waals surface area contributed by atoms with Gasteiger partial charge in [0.15, 0.2) is 0 Å². The molecule has 2 rings (SSSR count). The van der Waals surface area contributed by atoms with E-state index in [0.29, 0.717) is 4.47 Å². The van der Waals surface area contributed by atoms with Gasteiger partial charge in [0.25, 0.3) is 0 Å². The summed E-state index contributed by atoms with van der Waals surface area (Å²) in [6.45, 7) is 4.18. The van der Waals surface area contributed by atoms with Crippen LogP contribution < -0.4 is 10.5 Å². The van der Waals surface area contributed by atoms with Gasteiger partial charge >= 0.3 is 0 Å². The Balaban J connectivity index is 2.37. The average Bonchev–Trinajstić information content (AvgIpc) is 2.55. The van der Waals surface area contributed by atoms with E-state index >= 15 is 0 Å². The predicted molar refractivity (Wildman–Crippen MR) is 88.0 cm³/mol. The minimum absolute atomic E-state index is 0.0241. The molecule has 0 heterocycles. The van der Waals surface area contributed by atoms with Crippen molar-refractivity contribution in [3.63, 3.8) is 0 Å². The zero-order valence-electron chi connectivity index (χ0n) is 11.4. The fourth-order valence-electron chi connectivity index (χ4n) is 2.66. The second-order valence-electron chi connectivity index (χ2n) is 5.86. The van der Waals surface area contributed by atoms with E-state index in [0.717, 1.165) is 23.7 Å². The number of nitrogen functional groups attached to an aromatic ring is 1. The third-order valence-corrected chi connectivity index (χ3v) is 6.79. The Bertz CT molecular complexity index is 606. The molecule has 1 atom stereocenters. The van der Waals surface area contributed by atoms with Crippen molar-refractivity contribution in [2.75, 3.05) is 5.73 Å². The minimum atomic E-state index is -3.64. The Hall–Kier alpha value is -0.110. The van der Waals surface area contributed by atoms with Crippen LogP contribution in [0.1, 0.15) is 33.1 Å². The van der Waals surface area contributed by atoms with E-state index in [1.165, 1.54) is 0 Å². The van der Waals surface area contributed by atoms with Crippen LogP contribution in [0, 0.1) is 5.41 Å². The van der Waals surface area contributed by atoms with Crippen LogP contribution >= 0.6 is 31.9 Å². The maximum Gasteiger partial charge on any atom is 0.244 e. The van der Waals surface area contributed by atoms with Gasteiger partial charge in [0.1, 0.15) is 4.90 Å². The van der Waals surface area contributed by atoms with Crippen molar-refractivity contribution in [1.29, 1.82) is 0 Å². The molecule has 1 unspecified atom stereocenters. The van der Waals surface area contributed by atoms with E-state index in [4.69, 9.17) is 5.73 Å². The van der Waals surface area contributed by atoms with Crippen molar-refractivity contribution in [1.82, 2.24) is 4.72 Å². The van der Waals surface area contributed by atoms with Crippen LogP contribution in [0.2, 0.25) is 0 Å². The van der Waals surface area contributed by atoms with Gasteiger partial charge < -0.3 is 5.73 Å². The molecule has 0 saturated heterocycles. The molecule has 3 N–H and O–H groups in total. The number of hydrogen-bond donors (Lipinski definition) is 2. The van der Waals surface area contributed by atoms with Gasteiger partial charge in [0, 0.05) is 15.0 Å². The summed E-state index contributed by atoms with van der Waals surface area (Å²) < 4.78 is 29.2. The Morgan fingerprint density at radius 2 is 2.00 bits per heavy atom. The van der Waals surface area contributed by atoms with Crippen molar-refractivity contribution in [3.8, 4) is 0 Å². The molecule has 0 spiro atoms. The highest BCUT2D eigenvalue weighted by Crippen LogP contribution is 2.39. The summed E-state index contributed by atoms with van der Waals surface area (Å²) >= 11 is 6.58. The zero-order chi connectivity index (χ0) is 15.1. The van der Waals surface area contributed by atoms with Gasteiger partial charge in [-0.25, -0.2) is 13.1 Å². The molecule has 0 bridgehead atoms. The number of rotatable bonds is 3. The Labute approximate surface area is 136 Å². The lowest BCUT2D eigenvalue weighted by Gasteiger charge is -2.28. The summed E-state index contributed by atoms with van der Waals surface area (Å²) in [5.41, 5.74) is 6.08. The first-order valence-corrected chi connectivity index (χ1v) is 9.47. The topological polar surface area (TPSA) is 72.2 Å². The van der Waals surface area contributed by atoms with Crippen LogP contribution in [0.3, 0.4) is 0 Å². The van der Waals surface area contributed by atoms with E-state index in [2.05, 4.69) is 50.4 Å². The monoisotopic (exact) mass is 424 g/mol. The first-order valence-electron chi connectivity index (χ1n) is 6.40. The molecule has 112 valence electrons. The quantitative estimate of drug-likeness (QED) is 0.726. The van der Waals surface area contributed by atoms with Crippen molar-refractivity contribution in [2.45, 2.75) is 44.0 Å². The van der Waals surface area contributed by atoms with Gasteiger partial charge in [-0.2, -0.15) is 0 Å². The molecule has 0 aliphatic heterocycles. The largest absolute Gasteiger partial charge is 0.398 e. The van der Waals surface area contributed by atoms with Crippen LogP contribution in [0.15, 0.2) is 26.0 Å². The van der Waals surface area contributed by atoms with Gasteiger partial charge in [0.05, 0.1) is 5.69 Å². The lowest BCUT2D eigenvalue weighted by atomic mass is 9.88. The molecule has 1 aromatic rings. The minimum Gasteiger partial charge on any atom is -0.398 e. The van der Waals surface area contributed by atoms with E-state index < -0.39 is 10.0 Å². The number of sulfonamides is 1. The molecule has 1 aliphatic carbocycles. The molecule has 4 nitrogen and oxygen atoms in total. The Morgan fingerprint density at radius 3 is 2.50 bits per heavy atom. The highest BCUT2D eigenvalue weighted by atomic mass is 79.9. The normalized spacial score (nSPS) is 22.1. The second-order valence-corrected chi connectivity index (χ2v) is 9.28. The van der Waals surface area contributed by atoms with E-state index in [9.17, 15) is 8.42 Å². The van der Waals surface area contributed by atoms with Crippen LogP contribution in [0.25, 0.3) is 0 Å². The van der Waals surface area contributed by atoms with Gasteiger partial charge in [-0.3, -0.25) is 0 Å². The summed E-state index contributed by atoms with van der Waals surface area (Å²) in [7, 11) is -3.64. The first kappa shape index (κ1) is 16.3. The molecule has 1 aliphatic rings. The highest BCUT2D eigenvalue weighted by molar-refractivity contribution is 9.11. The molecular formula is C13H18Br2N2O2S. The molecule has 1 saturated carbocycles. The fourth-order valence-corrected chi connectivity index (χ4v) is 6.17. The summed E-state index contributed by atoms with van der Waals surface area (Å²) in [5.74, 6) is 0. The second kappa shape index (κ2) is 5.59. The highest BCUT2D eigenvalue weighted by Gasteiger charge is 2.38. The van der Waals surface area contributed by atoms with E-state index in [1.54, 1.807) is 12.1 Å². The predicted octanol–water partition coefficient (Wildman–Crippen LogP) is 3.65. The molecular weight excluding hydrogens is 408 g/mol. The maximum absolute atomic E-state index is 12.6. The fraction of sp³-hybridized carbons (Fsp3) is 0.538. The zero-order valence-corrected chi connectivity index (χ0v) is 15.4. The van der Waals surface area contributed by atoms with Crippen LogP contribution in [0.4, 0.5) is 5.69 Å². The maximum atomic E-state index is 12.6. The molecule has 7 heteroatoms. The Kier molecular flexibility index (Phi) is 4.54. The van der Waals surface area contributed by atoms with Gasteiger partial charge in [-0.1, -0.05) is 36.2 Å². The first-order chi connectivity index (χ1) is 9.13. The van der Waals surface area contributed by atoms with Crippen LogP contribution in [-0.2, 0) is 10.0 Å². The van der Waals surface area contributed by atoms with Gasteiger partial charge in [-0.15, -0.1) is 0 Å². The number of anilines is 1. The number of hydrogen-bond acceptors (Lipinski definition) is 3. The van der Waals surface area contributed by atoms with Crippen molar-refractivity contribution >= 4 is 47.6 Å². The third-order valence-electron chi connectivity index (χ3n) is 3.86. The third kappa shape index (κ3) is 3.21. The molecule has 0 radical (unpaired) electrons. The summed E-state index contributed by atoms with van der Waals surface area (Å²) in [6.07, 6.45) is 2.93. The molecule has 1 fully saturated rings. The SMILES string of the molecule is CC1(C)CCCC1NS(=O)(=O)c1c(N)cc(Br)cc1Br. The average molecular weight is 426 g/mol. The standard InChI is InChI=1S/C13H18Br2N2O2S/c1-13(2)5-3-4-11(13)17-20(18,19)12-9(15)6-8(14)7-10(12)16/h6-7,11,17H,3-5,16H2,1-2H3. The van der Waals surface area contributed by atoms with E-state index in [1.807, 2.05) is 0 Å². The van der Waals surface area contributed by atoms with Crippen molar-refractivity contribution in [3.05, 3.63) is 21.1 Å². The number of nitrogens with one attached hydrogen (secondary N) is 1. The summed E-state index contributed by atoms with van der Waals surface area (Å²) in [4.78, 5) is 0.114. The number of nitrogens with two attached hydrogens (primary N) is 1. The lowest BCUT2D eigenvalue weighted by molar-refractivity contribution is 0.313. The van der Waals surface area contributed by atoms with E-state index in [-0.39, 0.29) is 22.0 Å². The Morgan fingerprint density at radius 1 is 1.35 bits per heavy atom. The van der Waals surface area contributed by atoms with Crippen LogP contribution in [0.5, 0.6) is 0 Å². The van der Waals surface area contributed by atoms with Gasteiger partial charge in [0.2, 0.25) is 10.0 Å².